The second kappa shape index (κ2) is 5.97. The van der Waals surface area contributed by atoms with Gasteiger partial charge in [-0.15, -0.1) is 0 Å². The zero-order chi connectivity index (χ0) is 13.7. The summed E-state index contributed by atoms with van der Waals surface area (Å²) in [6.07, 6.45) is 0.885. The number of nitrogens with one attached hydrogen (secondary N) is 1. The number of carboxylic acids is 1. The lowest BCUT2D eigenvalue weighted by Gasteiger charge is -2.12. The van der Waals surface area contributed by atoms with Crippen molar-refractivity contribution in [2.75, 3.05) is 0 Å². The number of pyridine rings is 1. The summed E-state index contributed by atoms with van der Waals surface area (Å²) in [7, 11) is 0. The Kier molecular flexibility index (Phi) is 4.61. The highest BCUT2D eigenvalue weighted by Gasteiger charge is 2.23. The van der Waals surface area contributed by atoms with E-state index in [1.165, 1.54) is 18.3 Å². The van der Waals surface area contributed by atoms with Crippen molar-refractivity contribution < 1.29 is 19.5 Å². The van der Waals surface area contributed by atoms with Gasteiger partial charge >= 0.3 is 5.97 Å². The van der Waals surface area contributed by atoms with Crippen LogP contribution in [-0.2, 0) is 9.59 Å². The summed E-state index contributed by atoms with van der Waals surface area (Å²) in [6, 6.07) is 1.46. The number of hydrogen-bond donors (Lipinski definition) is 3. The number of rotatable bonds is 5. The topological polar surface area (TPSA) is 122 Å². The number of carboxylic acid groups (broad SMARTS) is 1. The summed E-state index contributed by atoms with van der Waals surface area (Å²) < 4.78 is 0. The molecule has 0 saturated carbocycles. The van der Waals surface area contributed by atoms with Gasteiger partial charge in [-0.25, -0.2) is 9.78 Å². The van der Waals surface area contributed by atoms with Crippen LogP contribution in [-0.4, -0.2) is 33.9 Å². The first kappa shape index (κ1) is 13.9. The normalized spacial score (nSPS) is 11.6. The molecule has 0 fully saturated rings. The van der Waals surface area contributed by atoms with E-state index in [-0.39, 0.29) is 10.7 Å². The summed E-state index contributed by atoms with van der Waals surface area (Å²) in [5.41, 5.74) is 4.91. The van der Waals surface area contributed by atoms with E-state index in [9.17, 15) is 14.4 Å². The molecule has 1 heterocycles. The molecule has 0 radical (unpaired) electrons. The molecular formula is C10H10ClN3O4. The van der Waals surface area contributed by atoms with Crippen LogP contribution in [0.25, 0.3) is 0 Å². The maximum absolute atomic E-state index is 11.7. The molecule has 0 aliphatic heterocycles. The molecule has 8 heteroatoms. The number of carbonyl (C=O) groups excluding carboxylic acids is 2. The summed E-state index contributed by atoms with van der Waals surface area (Å²) in [4.78, 5) is 36.9. The maximum Gasteiger partial charge on any atom is 0.326 e. The van der Waals surface area contributed by atoms with Crippen molar-refractivity contribution in [3.63, 3.8) is 0 Å². The number of hydrogen-bond acceptors (Lipinski definition) is 4. The van der Waals surface area contributed by atoms with Crippen molar-refractivity contribution in [1.29, 1.82) is 0 Å². The molecule has 4 N–H and O–H groups in total. The number of aliphatic carboxylic acids is 1. The van der Waals surface area contributed by atoms with Gasteiger partial charge < -0.3 is 16.2 Å². The fourth-order valence-electron chi connectivity index (χ4n) is 1.19. The summed E-state index contributed by atoms with van der Waals surface area (Å²) >= 11 is 5.68. The lowest BCUT2D eigenvalue weighted by atomic mass is 10.2. The van der Waals surface area contributed by atoms with Crippen molar-refractivity contribution in [3.8, 4) is 0 Å². The standard InChI is InChI=1S/C10H10ClN3O4/c11-8-5(2-1-3-13-8)9(16)14-6(10(17)18)4-7(12)15/h1-3,6H,4H2,(H2,12,15)(H,14,16)(H,17,18)/t6-/m0/s1. The molecule has 0 unspecified atom stereocenters. The highest BCUT2D eigenvalue weighted by molar-refractivity contribution is 6.32. The van der Waals surface area contributed by atoms with Crippen LogP contribution in [0.15, 0.2) is 18.3 Å². The molecule has 0 spiro atoms. The Labute approximate surface area is 107 Å². The highest BCUT2D eigenvalue weighted by Crippen LogP contribution is 2.11. The molecule has 1 aromatic rings. The Balaban J connectivity index is 2.82. The number of carbonyl (C=O) groups is 3. The molecule has 0 aliphatic carbocycles. The van der Waals surface area contributed by atoms with E-state index < -0.39 is 30.2 Å². The molecule has 2 amide bonds. The second-order valence-electron chi connectivity index (χ2n) is 3.38. The molecule has 0 aliphatic rings. The van der Waals surface area contributed by atoms with Gasteiger partial charge in [-0.3, -0.25) is 9.59 Å². The zero-order valence-corrected chi connectivity index (χ0v) is 9.85. The number of nitrogens with zero attached hydrogens (tertiary/aromatic N) is 1. The van der Waals surface area contributed by atoms with Crippen LogP contribution >= 0.6 is 11.6 Å². The van der Waals surface area contributed by atoms with Crippen LogP contribution in [0.2, 0.25) is 5.15 Å². The average molecular weight is 272 g/mol. The third-order valence-electron chi connectivity index (χ3n) is 2.01. The van der Waals surface area contributed by atoms with Crippen LogP contribution in [0, 0.1) is 0 Å². The third-order valence-corrected chi connectivity index (χ3v) is 2.31. The third kappa shape index (κ3) is 3.70. The van der Waals surface area contributed by atoms with Gasteiger partial charge in [0.25, 0.3) is 5.91 Å². The maximum atomic E-state index is 11.7. The summed E-state index contributed by atoms with van der Waals surface area (Å²) in [5.74, 6) is -2.93. The Morgan fingerprint density at radius 3 is 2.67 bits per heavy atom. The predicted molar refractivity (Wildman–Crippen MR) is 61.9 cm³/mol. The Bertz CT molecular complexity index is 492. The molecule has 1 rings (SSSR count). The fourth-order valence-corrected chi connectivity index (χ4v) is 1.40. The second-order valence-corrected chi connectivity index (χ2v) is 3.73. The number of amides is 2. The van der Waals surface area contributed by atoms with Gasteiger partial charge in [0.05, 0.1) is 12.0 Å². The van der Waals surface area contributed by atoms with E-state index in [4.69, 9.17) is 22.4 Å². The van der Waals surface area contributed by atoms with Crippen molar-refractivity contribution in [2.24, 2.45) is 5.73 Å². The van der Waals surface area contributed by atoms with Crippen LogP contribution < -0.4 is 11.1 Å². The molecule has 96 valence electrons. The predicted octanol–water partition coefficient (Wildman–Crippen LogP) is -0.207. The molecular weight excluding hydrogens is 262 g/mol. The summed E-state index contributed by atoms with van der Waals surface area (Å²) in [5, 5.41) is 10.9. The van der Waals surface area contributed by atoms with Gasteiger partial charge in [0.2, 0.25) is 5.91 Å². The first-order valence-electron chi connectivity index (χ1n) is 4.84. The monoisotopic (exact) mass is 271 g/mol. The van der Waals surface area contributed by atoms with Crippen molar-refractivity contribution in [3.05, 3.63) is 29.0 Å². The van der Waals surface area contributed by atoms with Crippen molar-refractivity contribution in [1.82, 2.24) is 10.3 Å². The molecule has 18 heavy (non-hydrogen) atoms. The summed E-state index contributed by atoms with van der Waals surface area (Å²) in [6.45, 7) is 0. The van der Waals surface area contributed by atoms with Gasteiger partial charge in [-0.1, -0.05) is 11.6 Å². The quantitative estimate of drug-likeness (QED) is 0.640. The van der Waals surface area contributed by atoms with Gasteiger partial charge in [-0.2, -0.15) is 0 Å². The van der Waals surface area contributed by atoms with E-state index in [1.807, 2.05) is 0 Å². The smallest absolute Gasteiger partial charge is 0.326 e. The SMILES string of the molecule is NC(=O)C[C@H](NC(=O)c1cccnc1Cl)C(=O)O. The van der Waals surface area contributed by atoms with E-state index in [1.54, 1.807) is 0 Å². The molecule has 0 aromatic carbocycles. The average Bonchev–Trinajstić information content (AvgIpc) is 2.27. The minimum absolute atomic E-state index is 0.0230. The molecule has 0 saturated heterocycles. The lowest BCUT2D eigenvalue weighted by Crippen LogP contribution is -2.43. The minimum Gasteiger partial charge on any atom is -0.480 e. The van der Waals surface area contributed by atoms with Gasteiger partial charge in [0, 0.05) is 6.20 Å². The highest BCUT2D eigenvalue weighted by atomic mass is 35.5. The van der Waals surface area contributed by atoms with Crippen molar-refractivity contribution >= 4 is 29.4 Å². The number of halogens is 1. The lowest BCUT2D eigenvalue weighted by molar-refractivity contribution is -0.140. The van der Waals surface area contributed by atoms with E-state index >= 15 is 0 Å². The van der Waals surface area contributed by atoms with E-state index in [0.29, 0.717) is 0 Å². The molecule has 7 nitrogen and oxygen atoms in total. The zero-order valence-electron chi connectivity index (χ0n) is 9.09. The van der Waals surface area contributed by atoms with Crippen LogP contribution in [0.5, 0.6) is 0 Å². The largest absolute Gasteiger partial charge is 0.480 e. The van der Waals surface area contributed by atoms with Gasteiger partial charge in [-0.05, 0) is 12.1 Å². The molecule has 1 atom stereocenters. The van der Waals surface area contributed by atoms with Crippen LogP contribution in [0.4, 0.5) is 0 Å². The molecule has 1 aromatic heterocycles. The Morgan fingerprint density at radius 2 is 2.17 bits per heavy atom. The van der Waals surface area contributed by atoms with E-state index in [2.05, 4.69) is 10.3 Å². The Morgan fingerprint density at radius 1 is 1.50 bits per heavy atom. The molecule has 0 bridgehead atoms. The number of nitrogens with two attached hydrogens (primary N) is 1. The minimum atomic E-state index is -1.40. The number of aromatic nitrogens is 1. The van der Waals surface area contributed by atoms with Gasteiger partial charge in [0.15, 0.2) is 0 Å². The van der Waals surface area contributed by atoms with Crippen LogP contribution in [0.3, 0.4) is 0 Å². The van der Waals surface area contributed by atoms with Crippen LogP contribution in [0.1, 0.15) is 16.8 Å². The van der Waals surface area contributed by atoms with Crippen molar-refractivity contribution in [2.45, 2.75) is 12.5 Å². The first-order chi connectivity index (χ1) is 8.41. The van der Waals surface area contributed by atoms with Gasteiger partial charge in [0.1, 0.15) is 11.2 Å². The first-order valence-corrected chi connectivity index (χ1v) is 5.22. The fraction of sp³-hybridized carbons (Fsp3) is 0.200. The van der Waals surface area contributed by atoms with E-state index in [0.717, 1.165) is 0 Å². The number of primary amides is 1. The Hall–Kier alpha value is -2.15.